The van der Waals surface area contributed by atoms with E-state index in [1.54, 1.807) is 6.26 Å². The minimum Gasteiger partial charge on any atom is -0.463 e. The van der Waals surface area contributed by atoms with E-state index in [-0.39, 0.29) is 5.63 Å². The van der Waals surface area contributed by atoms with Crippen molar-refractivity contribution in [1.82, 2.24) is 0 Å². The summed E-state index contributed by atoms with van der Waals surface area (Å²) < 4.78 is 12.2. The fourth-order valence-electron chi connectivity index (χ4n) is 2.98. The summed E-state index contributed by atoms with van der Waals surface area (Å²) in [6.45, 7) is 3.84. The molecule has 0 radical (unpaired) electrons. The largest absolute Gasteiger partial charge is 0.463 e. The molecule has 114 valence electrons. The number of aryl methyl sites for hydroxylation is 2. The van der Waals surface area contributed by atoms with Crippen LogP contribution in [0.25, 0.3) is 33.1 Å². The average molecular weight is 369 g/mol. The second-order valence-corrected chi connectivity index (χ2v) is 6.58. The first-order chi connectivity index (χ1) is 11.0. The third kappa shape index (κ3) is 2.21. The highest BCUT2D eigenvalue weighted by molar-refractivity contribution is 9.10. The van der Waals surface area contributed by atoms with Crippen molar-refractivity contribution in [1.29, 1.82) is 0 Å². The molecule has 0 spiro atoms. The molecule has 3 nitrogen and oxygen atoms in total. The van der Waals surface area contributed by atoms with Gasteiger partial charge in [0.1, 0.15) is 11.2 Å². The predicted molar refractivity (Wildman–Crippen MR) is 94.9 cm³/mol. The molecule has 4 heteroatoms. The topological polar surface area (TPSA) is 43.4 Å². The van der Waals surface area contributed by atoms with E-state index in [0.29, 0.717) is 5.58 Å². The Hall–Kier alpha value is -2.33. The van der Waals surface area contributed by atoms with Gasteiger partial charge in [-0.15, -0.1) is 0 Å². The van der Waals surface area contributed by atoms with Crippen molar-refractivity contribution in [3.63, 3.8) is 0 Å². The van der Waals surface area contributed by atoms with E-state index in [0.717, 1.165) is 43.1 Å². The molecule has 0 bridgehead atoms. The molecule has 0 aliphatic heterocycles. The normalized spacial score (nSPS) is 11.4. The molecule has 0 fully saturated rings. The van der Waals surface area contributed by atoms with Crippen LogP contribution in [-0.4, -0.2) is 0 Å². The summed E-state index contributed by atoms with van der Waals surface area (Å²) in [5, 5.41) is 1.96. The van der Waals surface area contributed by atoms with Crippen molar-refractivity contribution in [2.75, 3.05) is 0 Å². The number of benzene rings is 2. The Morgan fingerprint density at radius 3 is 2.43 bits per heavy atom. The van der Waals surface area contributed by atoms with Crippen LogP contribution in [0, 0.1) is 13.8 Å². The summed E-state index contributed by atoms with van der Waals surface area (Å²) in [6.07, 6.45) is 1.76. The Bertz CT molecular complexity index is 1100. The van der Waals surface area contributed by atoms with Gasteiger partial charge in [0.05, 0.1) is 6.26 Å². The Morgan fingerprint density at radius 2 is 1.70 bits per heavy atom. The van der Waals surface area contributed by atoms with Gasteiger partial charge in [0.25, 0.3) is 0 Å². The van der Waals surface area contributed by atoms with Gasteiger partial charge in [-0.05, 0) is 43.2 Å². The van der Waals surface area contributed by atoms with Crippen LogP contribution in [0.5, 0.6) is 0 Å². The number of rotatable bonds is 1. The number of furan rings is 1. The molecule has 0 unspecified atom stereocenters. The lowest BCUT2D eigenvalue weighted by Gasteiger charge is -2.05. The first-order valence-corrected chi connectivity index (χ1v) is 8.05. The van der Waals surface area contributed by atoms with Gasteiger partial charge in [-0.3, -0.25) is 0 Å². The van der Waals surface area contributed by atoms with Crippen molar-refractivity contribution < 1.29 is 8.83 Å². The SMILES string of the molecule is Cc1cc(=O)oc2c(C)c3occ(-c4ccc(Br)cc4)c3cc12. The molecule has 0 saturated carbocycles. The van der Waals surface area contributed by atoms with Gasteiger partial charge in [-0.1, -0.05) is 28.1 Å². The molecular formula is C19H13BrO3. The van der Waals surface area contributed by atoms with E-state index in [9.17, 15) is 4.79 Å². The molecule has 2 aromatic carbocycles. The van der Waals surface area contributed by atoms with Crippen LogP contribution >= 0.6 is 15.9 Å². The van der Waals surface area contributed by atoms with Crippen LogP contribution in [0.15, 0.2) is 60.8 Å². The number of fused-ring (bicyclic) bond motifs is 2. The Kier molecular flexibility index (Phi) is 3.16. The highest BCUT2D eigenvalue weighted by atomic mass is 79.9. The van der Waals surface area contributed by atoms with E-state index in [2.05, 4.69) is 15.9 Å². The Morgan fingerprint density at radius 1 is 0.957 bits per heavy atom. The molecule has 0 aliphatic rings. The zero-order chi connectivity index (χ0) is 16.1. The predicted octanol–water partition coefficient (Wildman–Crippen LogP) is 5.59. The first-order valence-electron chi connectivity index (χ1n) is 7.26. The minimum absolute atomic E-state index is 0.336. The lowest BCUT2D eigenvalue weighted by atomic mass is 10.00. The van der Waals surface area contributed by atoms with Crippen LogP contribution in [-0.2, 0) is 0 Å². The first kappa shape index (κ1) is 14.3. The Balaban J connectivity index is 2.10. The summed E-state index contributed by atoms with van der Waals surface area (Å²) >= 11 is 3.45. The summed E-state index contributed by atoms with van der Waals surface area (Å²) in [6, 6.07) is 11.7. The maximum absolute atomic E-state index is 11.6. The van der Waals surface area contributed by atoms with Gasteiger partial charge in [-0.2, -0.15) is 0 Å². The molecule has 23 heavy (non-hydrogen) atoms. The van der Waals surface area contributed by atoms with Crippen LogP contribution < -0.4 is 5.63 Å². The third-order valence-corrected chi connectivity index (χ3v) is 4.69. The fraction of sp³-hybridized carbons (Fsp3) is 0.105. The fourth-order valence-corrected chi connectivity index (χ4v) is 3.24. The number of halogens is 1. The van der Waals surface area contributed by atoms with Crippen molar-refractivity contribution >= 4 is 37.9 Å². The van der Waals surface area contributed by atoms with Crippen molar-refractivity contribution in [3.05, 3.63) is 68.7 Å². The Labute approximate surface area is 140 Å². The van der Waals surface area contributed by atoms with Gasteiger partial charge in [0, 0.05) is 32.4 Å². The monoisotopic (exact) mass is 368 g/mol. The molecule has 4 rings (SSSR count). The second kappa shape index (κ2) is 5.10. The molecule has 0 atom stereocenters. The van der Waals surface area contributed by atoms with E-state index in [4.69, 9.17) is 8.83 Å². The van der Waals surface area contributed by atoms with E-state index in [1.165, 1.54) is 6.07 Å². The number of hydrogen-bond donors (Lipinski definition) is 0. The maximum atomic E-state index is 11.6. The smallest absolute Gasteiger partial charge is 0.336 e. The lowest BCUT2D eigenvalue weighted by Crippen LogP contribution is -1.99. The zero-order valence-corrected chi connectivity index (χ0v) is 14.2. The van der Waals surface area contributed by atoms with E-state index >= 15 is 0 Å². The van der Waals surface area contributed by atoms with Crippen LogP contribution in [0.3, 0.4) is 0 Å². The van der Waals surface area contributed by atoms with Crippen molar-refractivity contribution in [3.8, 4) is 11.1 Å². The van der Waals surface area contributed by atoms with Crippen LogP contribution in [0.2, 0.25) is 0 Å². The van der Waals surface area contributed by atoms with Crippen LogP contribution in [0.4, 0.5) is 0 Å². The van der Waals surface area contributed by atoms with Gasteiger partial charge < -0.3 is 8.83 Å². The standard InChI is InChI=1S/C19H13BrO3/c1-10-7-17(21)23-19-11(2)18-15(8-14(10)19)16(9-22-18)12-3-5-13(20)6-4-12/h3-9H,1-2H3. The van der Waals surface area contributed by atoms with Crippen molar-refractivity contribution in [2.45, 2.75) is 13.8 Å². The molecule has 0 amide bonds. The van der Waals surface area contributed by atoms with Gasteiger partial charge >= 0.3 is 5.63 Å². The summed E-state index contributed by atoms with van der Waals surface area (Å²) in [7, 11) is 0. The van der Waals surface area contributed by atoms with Crippen LogP contribution in [0.1, 0.15) is 11.1 Å². The van der Waals surface area contributed by atoms with Crippen molar-refractivity contribution in [2.24, 2.45) is 0 Å². The highest BCUT2D eigenvalue weighted by Crippen LogP contribution is 2.36. The third-order valence-electron chi connectivity index (χ3n) is 4.16. The van der Waals surface area contributed by atoms with Gasteiger partial charge in [-0.25, -0.2) is 4.79 Å². The summed E-state index contributed by atoms with van der Waals surface area (Å²) in [5.41, 5.74) is 4.88. The lowest BCUT2D eigenvalue weighted by molar-refractivity contribution is 0.555. The molecule has 0 saturated heterocycles. The average Bonchev–Trinajstić information content (AvgIpc) is 2.94. The summed E-state index contributed by atoms with van der Waals surface area (Å²) in [5.74, 6) is 0. The van der Waals surface area contributed by atoms with E-state index in [1.807, 2.05) is 44.2 Å². The molecule has 4 aromatic rings. The minimum atomic E-state index is -0.336. The molecule has 2 heterocycles. The second-order valence-electron chi connectivity index (χ2n) is 5.66. The maximum Gasteiger partial charge on any atom is 0.336 e. The summed E-state index contributed by atoms with van der Waals surface area (Å²) in [4.78, 5) is 11.6. The number of hydrogen-bond acceptors (Lipinski definition) is 3. The quantitative estimate of drug-likeness (QED) is 0.411. The molecule has 0 aliphatic carbocycles. The van der Waals surface area contributed by atoms with Gasteiger partial charge in [0.2, 0.25) is 0 Å². The highest BCUT2D eigenvalue weighted by Gasteiger charge is 2.16. The molecule has 2 aromatic heterocycles. The van der Waals surface area contributed by atoms with Gasteiger partial charge in [0.15, 0.2) is 0 Å². The molecule has 0 N–H and O–H groups in total. The zero-order valence-electron chi connectivity index (χ0n) is 12.6. The van der Waals surface area contributed by atoms with E-state index < -0.39 is 0 Å². The molecular weight excluding hydrogens is 356 g/mol.